The van der Waals surface area contributed by atoms with Gasteiger partial charge in [-0.05, 0) is 87.7 Å². The molecule has 0 saturated heterocycles. The molecule has 0 spiro atoms. The number of benzene rings is 2. The predicted octanol–water partition coefficient (Wildman–Crippen LogP) is 6.65. The number of allylic oxidation sites excluding steroid dienone is 1. The highest BCUT2D eigenvalue weighted by atomic mass is 19.4. The number of alkyl halides is 3. The number of hydrogen-bond acceptors (Lipinski definition) is 5. The number of nitrogens with zero attached hydrogens (tertiary/aromatic N) is 3. The summed E-state index contributed by atoms with van der Waals surface area (Å²) in [7, 11) is 4.09. The van der Waals surface area contributed by atoms with E-state index in [0.717, 1.165) is 31.2 Å². The van der Waals surface area contributed by atoms with Gasteiger partial charge in [0, 0.05) is 17.7 Å². The van der Waals surface area contributed by atoms with Crippen molar-refractivity contribution in [2.24, 2.45) is 5.92 Å². The van der Waals surface area contributed by atoms with Crippen molar-refractivity contribution < 1.29 is 26.8 Å². The van der Waals surface area contributed by atoms with Crippen LogP contribution in [0.3, 0.4) is 0 Å². The van der Waals surface area contributed by atoms with Gasteiger partial charge in [0.15, 0.2) is 0 Å². The Bertz CT molecular complexity index is 1110. The van der Waals surface area contributed by atoms with E-state index in [9.17, 15) is 17.6 Å². The van der Waals surface area contributed by atoms with E-state index in [1.807, 2.05) is 32.3 Å². The lowest BCUT2D eigenvalue weighted by Crippen LogP contribution is -2.29. The molecule has 1 heterocycles. The fourth-order valence-corrected chi connectivity index (χ4v) is 4.51. The Balaban J connectivity index is 1.39. The minimum atomic E-state index is -4.74. The first-order chi connectivity index (χ1) is 16.2. The van der Waals surface area contributed by atoms with Crippen molar-refractivity contribution in [3.63, 3.8) is 0 Å². The molecule has 0 amide bonds. The van der Waals surface area contributed by atoms with E-state index < -0.39 is 6.36 Å². The molecule has 0 N–H and O–H groups in total. The molecular weight excluding hydrogens is 450 g/mol. The Morgan fingerprint density at radius 3 is 2.26 bits per heavy atom. The van der Waals surface area contributed by atoms with E-state index in [4.69, 9.17) is 4.52 Å². The van der Waals surface area contributed by atoms with E-state index >= 15 is 0 Å². The molecule has 1 unspecified atom stereocenters. The van der Waals surface area contributed by atoms with Gasteiger partial charge in [-0.1, -0.05) is 22.9 Å². The second-order valence-electron chi connectivity index (χ2n) is 8.63. The van der Waals surface area contributed by atoms with Crippen molar-refractivity contribution in [3.8, 4) is 17.1 Å². The summed E-state index contributed by atoms with van der Waals surface area (Å²) < 4.78 is 59.5. The third kappa shape index (κ3) is 6.02. The first-order valence-electron chi connectivity index (χ1n) is 11.0. The van der Waals surface area contributed by atoms with Crippen LogP contribution in [0, 0.1) is 11.7 Å². The average molecular weight is 475 g/mol. The summed E-state index contributed by atoms with van der Waals surface area (Å²) in [6, 6.07) is 12.2. The lowest BCUT2D eigenvalue weighted by molar-refractivity contribution is -0.274. The monoisotopic (exact) mass is 475 g/mol. The number of rotatable bonds is 6. The van der Waals surface area contributed by atoms with E-state index in [0.29, 0.717) is 23.2 Å². The maximum absolute atomic E-state index is 13.4. The average Bonchev–Trinajstić information content (AvgIpc) is 3.24. The van der Waals surface area contributed by atoms with Crippen LogP contribution in [0.5, 0.6) is 5.75 Å². The Morgan fingerprint density at radius 1 is 1.03 bits per heavy atom. The smallest absolute Gasteiger partial charge is 0.406 e. The molecule has 1 aliphatic rings. The van der Waals surface area contributed by atoms with Crippen LogP contribution in [0.4, 0.5) is 17.6 Å². The molecule has 180 valence electrons. The normalized spacial score (nSPS) is 17.6. The fourth-order valence-electron chi connectivity index (χ4n) is 4.51. The van der Waals surface area contributed by atoms with Crippen molar-refractivity contribution in [1.82, 2.24) is 15.0 Å². The minimum absolute atomic E-state index is 0.210. The van der Waals surface area contributed by atoms with Gasteiger partial charge >= 0.3 is 6.36 Å². The van der Waals surface area contributed by atoms with Gasteiger partial charge < -0.3 is 14.2 Å². The van der Waals surface area contributed by atoms with E-state index in [2.05, 4.69) is 19.8 Å². The lowest BCUT2D eigenvalue weighted by Gasteiger charge is -2.36. The highest BCUT2D eigenvalue weighted by Gasteiger charge is 2.31. The predicted molar refractivity (Wildman–Crippen MR) is 119 cm³/mol. The first kappa shape index (κ1) is 23.9. The van der Waals surface area contributed by atoms with Crippen molar-refractivity contribution in [1.29, 1.82) is 0 Å². The molecule has 0 radical (unpaired) electrons. The van der Waals surface area contributed by atoms with Crippen LogP contribution in [0.25, 0.3) is 17.5 Å². The molecule has 4 rings (SSSR count). The Kier molecular flexibility index (Phi) is 7.02. The lowest BCUT2D eigenvalue weighted by atomic mass is 9.78. The quantitative estimate of drug-likeness (QED) is 0.374. The zero-order chi connectivity index (χ0) is 24.3. The van der Waals surface area contributed by atoms with E-state index in [1.165, 1.54) is 42.0 Å². The van der Waals surface area contributed by atoms with Crippen LogP contribution in [-0.4, -0.2) is 35.5 Å². The molecule has 2 aromatic carbocycles. The standard InChI is InChI=1S/C25H25F4N3O2/c1-32(2)23(18-7-11-20(26)12-8-18)17-5-3-16(4-6-17)15-22-30-24(31-34-22)19-9-13-21(14-10-19)33-25(27,28)29/h7-15,17,23H,3-6H2,1-2H3. The maximum Gasteiger partial charge on any atom is 0.573 e. The largest absolute Gasteiger partial charge is 0.573 e. The third-order valence-corrected chi connectivity index (χ3v) is 6.00. The zero-order valence-electron chi connectivity index (χ0n) is 18.8. The molecule has 34 heavy (non-hydrogen) atoms. The molecule has 1 aromatic heterocycles. The van der Waals surface area contributed by atoms with Gasteiger partial charge in [0.05, 0.1) is 0 Å². The molecule has 1 atom stereocenters. The molecular formula is C25H25F4N3O2. The Morgan fingerprint density at radius 2 is 1.68 bits per heavy atom. The van der Waals surface area contributed by atoms with Crippen LogP contribution >= 0.6 is 0 Å². The highest BCUT2D eigenvalue weighted by molar-refractivity contribution is 5.57. The van der Waals surface area contributed by atoms with Crippen LogP contribution in [0.2, 0.25) is 0 Å². The second kappa shape index (κ2) is 9.97. The first-order valence-corrected chi connectivity index (χ1v) is 11.0. The highest BCUT2D eigenvalue weighted by Crippen LogP contribution is 2.39. The van der Waals surface area contributed by atoms with Crippen molar-refractivity contribution in [2.75, 3.05) is 14.1 Å². The summed E-state index contributed by atoms with van der Waals surface area (Å²) in [5.41, 5.74) is 2.84. The number of hydrogen-bond donors (Lipinski definition) is 0. The molecule has 0 aliphatic heterocycles. The SMILES string of the molecule is CN(C)C(c1ccc(F)cc1)C1CCC(=Cc2nc(-c3ccc(OC(F)(F)F)cc3)no2)CC1. The topological polar surface area (TPSA) is 51.4 Å². The maximum atomic E-state index is 13.4. The van der Waals surface area contributed by atoms with Gasteiger partial charge in [-0.15, -0.1) is 13.2 Å². The van der Waals surface area contributed by atoms with Gasteiger partial charge in [-0.2, -0.15) is 4.98 Å². The van der Waals surface area contributed by atoms with Gasteiger partial charge in [-0.3, -0.25) is 0 Å². The van der Waals surface area contributed by atoms with Gasteiger partial charge in [0.2, 0.25) is 5.82 Å². The summed E-state index contributed by atoms with van der Waals surface area (Å²) in [5.74, 6) is 0.549. The van der Waals surface area contributed by atoms with Gasteiger partial charge in [0.25, 0.3) is 5.89 Å². The molecule has 5 nitrogen and oxygen atoms in total. The number of aromatic nitrogens is 2. The zero-order valence-corrected chi connectivity index (χ0v) is 18.8. The number of ether oxygens (including phenoxy) is 1. The fraction of sp³-hybridized carbons (Fsp3) is 0.360. The molecule has 1 aliphatic carbocycles. The molecule has 1 saturated carbocycles. The minimum Gasteiger partial charge on any atom is -0.406 e. The van der Waals surface area contributed by atoms with E-state index in [1.54, 1.807) is 0 Å². The molecule has 9 heteroatoms. The van der Waals surface area contributed by atoms with E-state index in [-0.39, 0.29) is 17.6 Å². The third-order valence-electron chi connectivity index (χ3n) is 6.00. The summed E-state index contributed by atoms with van der Waals surface area (Å²) in [5, 5.41) is 3.94. The second-order valence-corrected chi connectivity index (χ2v) is 8.63. The van der Waals surface area contributed by atoms with Crippen LogP contribution in [0.15, 0.2) is 58.6 Å². The summed E-state index contributed by atoms with van der Waals surface area (Å²) in [6.07, 6.45) is 0.879. The van der Waals surface area contributed by atoms with Crippen molar-refractivity contribution >= 4 is 6.08 Å². The number of halogens is 4. The summed E-state index contributed by atoms with van der Waals surface area (Å²) in [4.78, 5) is 6.54. The molecule has 0 bridgehead atoms. The van der Waals surface area contributed by atoms with Crippen LogP contribution in [0.1, 0.15) is 43.2 Å². The summed E-state index contributed by atoms with van der Waals surface area (Å²) in [6.45, 7) is 0. The molecule has 3 aromatic rings. The Hall–Kier alpha value is -3.20. The van der Waals surface area contributed by atoms with Gasteiger partial charge in [0.1, 0.15) is 11.6 Å². The van der Waals surface area contributed by atoms with Crippen molar-refractivity contribution in [3.05, 3.63) is 71.4 Å². The van der Waals surface area contributed by atoms with Crippen LogP contribution in [-0.2, 0) is 0 Å². The Labute approximate surface area is 195 Å². The summed E-state index contributed by atoms with van der Waals surface area (Å²) >= 11 is 0. The van der Waals surface area contributed by atoms with Crippen LogP contribution < -0.4 is 4.74 Å². The van der Waals surface area contributed by atoms with Crippen molar-refractivity contribution in [2.45, 2.75) is 38.1 Å². The van der Waals surface area contributed by atoms with Gasteiger partial charge in [-0.25, -0.2) is 4.39 Å². The molecule has 1 fully saturated rings.